The number of hydrogen-bond donors (Lipinski definition) is 1. The molecule has 0 radical (unpaired) electrons. The van der Waals surface area contributed by atoms with Crippen LogP contribution in [-0.2, 0) is 0 Å². The van der Waals surface area contributed by atoms with E-state index in [1.807, 2.05) is 13.8 Å². The summed E-state index contributed by atoms with van der Waals surface area (Å²) in [4.78, 5) is 3.90. The summed E-state index contributed by atoms with van der Waals surface area (Å²) in [6.07, 6.45) is 3.32. The van der Waals surface area contributed by atoms with Crippen LogP contribution in [0.5, 0.6) is 5.75 Å². The van der Waals surface area contributed by atoms with Crippen molar-refractivity contribution in [1.29, 1.82) is 0 Å². The first-order chi connectivity index (χ1) is 6.33. The summed E-state index contributed by atoms with van der Waals surface area (Å²) in [6, 6.07) is 3.54. The van der Waals surface area contributed by atoms with E-state index in [0.29, 0.717) is 5.75 Å². The molecule has 0 spiro atoms. The Morgan fingerprint density at radius 3 is 2.07 bits per heavy atom. The second kappa shape index (κ2) is 3.58. The molecule has 1 heterocycles. The summed E-state index contributed by atoms with van der Waals surface area (Å²) >= 11 is 0. The van der Waals surface area contributed by atoms with Gasteiger partial charge in [-0.3, -0.25) is 4.98 Å². The Labute approximate surface area is 84.7 Å². The van der Waals surface area contributed by atoms with Crippen molar-refractivity contribution < 1.29 is 9.84 Å². The van der Waals surface area contributed by atoms with Gasteiger partial charge in [0.15, 0.2) is 0 Å². The zero-order valence-electron chi connectivity index (χ0n) is 9.11. The van der Waals surface area contributed by atoms with Gasteiger partial charge in [0.2, 0.25) is 0 Å². The summed E-state index contributed by atoms with van der Waals surface area (Å²) in [5, 5.41) is 9.87. The van der Waals surface area contributed by atoms with E-state index in [0.717, 1.165) is 0 Å². The lowest BCUT2D eigenvalue weighted by atomic mass is 9.89. The van der Waals surface area contributed by atoms with Crippen molar-refractivity contribution in [2.24, 2.45) is 0 Å². The van der Waals surface area contributed by atoms with Crippen molar-refractivity contribution in [3.63, 3.8) is 0 Å². The highest BCUT2D eigenvalue weighted by atomic mass is 16.5. The van der Waals surface area contributed by atoms with Gasteiger partial charge >= 0.3 is 0 Å². The third-order valence-electron chi connectivity index (χ3n) is 2.50. The van der Waals surface area contributed by atoms with Crippen molar-refractivity contribution in [3.8, 4) is 5.75 Å². The van der Waals surface area contributed by atoms with Crippen LogP contribution in [-0.4, -0.2) is 21.3 Å². The van der Waals surface area contributed by atoms with Crippen molar-refractivity contribution in [3.05, 3.63) is 24.5 Å². The minimum atomic E-state index is -0.893. The maximum Gasteiger partial charge on any atom is 0.131 e. The zero-order valence-corrected chi connectivity index (χ0v) is 9.11. The molecule has 3 nitrogen and oxygen atoms in total. The lowest BCUT2D eigenvalue weighted by Crippen LogP contribution is -2.49. The maximum atomic E-state index is 9.87. The first-order valence-electron chi connectivity index (χ1n) is 4.64. The summed E-state index contributed by atoms with van der Waals surface area (Å²) in [7, 11) is 0. The molecule has 0 aliphatic carbocycles. The number of rotatable bonds is 3. The standard InChI is InChI=1S/C11H17NO2/c1-10(2,13)11(3,4)14-9-5-7-12-8-6-9/h5-8,13H,1-4H3. The molecule has 1 rings (SSSR count). The highest BCUT2D eigenvalue weighted by Crippen LogP contribution is 2.27. The van der Waals surface area contributed by atoms with Crippen LogP contribution in [0.1, 0.15) is 27.7 Å². The molecule has 0 fully saturated rings. The average Bonchev–Trinajstić information content (AvgIpc) is 2.03. The molecule has 14 heavy (non-hydrogen) atoms. The van der Waals surface area contributed by atoms with Gasteiger partial charge in [0.05, 0.1) is 5.60 Å². The van der Waals surface area contributed by atoms with Crippen LogP contribution in [0, 0.1) is 0 Å². The predicted octanol–water partition coefficient (Wildman–Crippen LogP) is 2.01. The molecule has 0 saturated heterocycles. The van der Waals surface area contributed by atoms with E-state index in [2.05, 4.69) is 4.98 Å². The Kier molecular flexibility index (Phi) is 2.81. The van der Waals surface area contributed by atoms with Gasteiger partial charge in [-0.2, -0.15) is 0 Å². The van der Waals surface area contributed by atoms with Gasteiger partial charge in [0.1, 0.15) is 11.4 Å². The van der Waals surface area contributed by atoms with E-state index >= 15 is 0 Å². The number of aromatic nitrogens is 1. The maximum absolute atomic E-state index is 9.87. The fourth-order valence-corrected chi connectivity index (χ4v) is 0.826. The Hall–Kier alpha value is -1.09. The van der Waals surface area contributed by atoms with Gasteiger partial charge in [-0.05, 0) is 39.8 Å². The molecule has 1 N–H and O–H groups in total. The van der Waals surface area contributed by atoms with E-state index in [-0.39, 0.29) is 0 Å². The van der Waals surface area contributed by atoms with E-state index < -0.39 is 11.2 Å². The molecule has 1 aromatic heterocycles. The van der Waals surface area contributed by atoms with Gasteiger partial charge in [-0.25, -0.2) is 0 Å². The molecule has 78 valence electrons. The first kappa shape index (κ1) is 11.0. The minimum absolute atomic E-state index is 0.631. The molecular formula is C11H17NO2. The van der Waals surface area contributed by atoms with Crippen molar-refractivity contribution in [2.75, 3.05) is 0 Å². The largest absolute Gasteiger partial charge is 0.485 e. The monoisotopic (exact) mass is 195 g/mol. The number of aliphatic hydroxyl groups is 1. The minimum Gasteiger partial charge on any atom is -0.485 e. The van der Waals surface area contributed by atoms with Crippen LogP contribution < -0.4 is 4.74 Å². The molecule has 0 aromatic carbocycles. The zero-order chi connectivity index (χ0) is 10.8. The average molecular weight is 195 g/mol. The fourth-order valence-electron chi connectivity index (χ4n) is 0.826. The lowest BCUT2D eigenvalue weighted by Gasteiger charge is -2.37. The SMILES string of the molecule is CC(C)(O)C(C)(C)Oc1ccncc1. The van der Waals surface area contributed by atoms with Crippen LogP contribution in [0.2, 0.25) is 0 Å². The molecule has 0 aliphatic heterocycles. The van der Waals surface area contributed by atoms with Gasteiger partial charge in [0, 0.05) is 12.4 Å². The van der Waals surface area contributed by atoms with E-state index in [1.165, 1.54) is 0 Å². The highest BCUT2D eigenvalue weighted by molar-refractivity contribution is 5.18. The Morgan fingerprint density at radius 2 is 1.64 bits per heavy atom. The predicted molar refractivity (Wildman–Crippen MR) is 55.2 cm³/mol. The summed E-state index contributed by atoms with van der Waals surface area (Å²) in [5.41, 5.74) is -1.52. The Morgan fingerprint density at radius 1 is 1.14 bits per heavy atom. The fraction of sp³-hybridized carbons (Fsp3) is 0.545. The van der Waals surface area contributed by atoms with Crippen molar-refractivity contribution in [2.45, 2.75) is 38.9 Å². The highest BCUT2D eigenvalue weighted by Gasteiger charge is 2.37. The number of nitrogens with zero attached hydrogens (tertiary/aromatic N) is 1. The number of pyridine rings is 1. The normalized spacial score (nSPS) is 12.6. The summed E-state index contributed by atoms with van der Waals surface area (Å²) in [6.45, 7) is 7.17. The van der Waals surface area contributed by atoms with Gasteiger partial charge in [0.25, 0.3) is 0 Å². The number of hydrogen-bond acceptors (Lipinski definition) is 3. The quantitative estimate of drug-likeness (QED) is 0.802. The molecule has 0 unspecified atom stereocenters. The molecule has 0 saturated carbocycles. The first-order valence-corrected chi connectivity index (χ1v) is 4.64. The van der Waals surface area contributed by atoms with Crippen molar-refractivity contribution >= 4 is 0 Å². The second-order valence-corrected chi connectivity index (χ2v) is 4.35. The Bertz CT molecular complexity index is 288. The molecule has 3 heteroatoms. The molecule has 0 amide bonds. The third-order valence-corrected chi connectivity index (χ3v) is 2.50. The lowest BCUT2D eigenvalue weighted by molar-refractivity contribution is -0.0906. The van der Waals surface area contributed by atoms with Gasteiger partial charge in [-0.1, -0.05) is 0 Å². The molecule has 1 aromatic rings. The smallest absolute Gasteiger partial charge is 0.131 e. The van der Waals surface area contributed by atoms with Crippen LogP contribution in [0.15, 0.2) is 24.5 Å². The molecule has 0 bridgehead atoms. The van der Waals surface area contributed by atoms with Crippen LogP contribution >= 0.6 is 0 Å². The van der Waals surface area contributed by atoms with Crippen LogP contribution in [0.4, 0.5) is 0 Å². The molecule has 0 atom stereocenters. The van der Waals surface area contributed by atoms with Crippen LogP contribution in [0.25, 0.3) is 0 Å². The summed E-state index contributed by atoms with van der Waals surface area (Å²) < 4.78 is 5.68. The van der Waals surface area contributed by atoms with E-state index in [4.69, 9.17) is 4.74 Å². The number of ether oxygens (including phenoxy) is 1. The Balaban J connectivity index is 2.79. The van der Waals surface area contributed by atoms with Gasteiger partial charge in [-0.15, -0.1) is 0 Å². The molecular weight excluding hydrogens is 178 g/mol. The van der Waals surface area contributed by atoms with E-state index in [1.54, 1.807) is 38.4 Å². The summed E-state index contributed by atoms with van der Waals surface area (Å²) in [5.74, 6) is 0.715. The third kappa shape index (κ3) is 2.45. The topological polar surface area (TPSA) is 42.4 Å². The van der Waals surface area contributed by atoms with Gasteiger partial charge < -0.3 is 9.84 Å². The molecule has 0 aliphatic rings. The van der Waals surface area contributed by atoms with E-state index in [9.17, 15) is 5.11 Å². The van der Waals surface area contributed by atoms with Crippen LogP contribution in [0.3, 0.4) is 0 Å². The van der Waals surface area contributed by atoms with Crippen molar-refractivity contribution in [1.82, 2.24) is 4.98 Å². The second-order valence-electron chi connectivity index (χ2n) is 4.35.